The number of nitrogens with two attached hydrogens (primary N) is 1. The fourth-order valence-electron chi connectivity index (χ4n) is 2.40. The van der Waals surface area contributed by atoms with E-state index in [-0.39, 0.29) is 0 Å². The first-order valence-electron chi connectivity index (χ1n) is 5.50. The lowest BCUT2D eigenvalue weighted by Crippen LogP contribution is -2.20. The van der Waals surface area contributed by atoms with Gasteiger partial charge in [-0.25, -0.2) is 0 Å². The first-order chi connectivity index (χ1) is 7.61. The molecular formula is C12H17BrN2O. The number of likely N-dealkylation sites (tertiary alicyclic amines) is 1. The van der Waals surface area contributed by atoms with Gasteiger partial charge in [0.25, 0.3) is 0 Å². The van der Waals surface area contributed by atoms with Gasteiger partial charge in [0.2, 0.25) is 0 Å². The number of hydrogen-bond donors (Lipinski definition) is 2. The van der Waals surface area contributed by atoms with Crippen LogP contribution in [0.4, 0.5) is 0 Å². The molecule has 2 atom stereocenters. The monoisotopic (exact) mass is 284 g/mol. The molecule has 1 saturated heterocycles. The van der Waals surface area contributed by atoms with Crippen molar-refractivity contribution in [2.75, 3.05) is 20.1 Å². The molecule has 0 saturated carbocycles. The summed E-state index contributed by atoms with van der Waals surface area (Å²) in [7, 11) is 2.13. The van der Waals surface area contributed by atoms with Gasteiger partial charge >= 0.3 is 0 Å². The highest BCUT2D eigenvalue weighted by atomic mass is 79.9. The highest BCUT2D eigenvalue weighted by molar-refractivity contribution is 9.10. The Morgan fingerprint density at radius 1 is 1.56 bits per heavy atom. The van der Waals surface area contributed by atoms with Crippen LogP contribution in [0, 0.1) is 5.92 Å². The van der Waals surface area contributed by atoms with Gasteiger partial charge in [-0.3, -0.25) is 4.90 Å². The van der Waals surface area contributed by atoms with Gasteiger partial charge in [-0.2, -0.15) is 0 Å². The molecule has 0 bridgehead atoms. The molecule has 0 spiro atoms. The zero-order valence-electron chi connectivity index (χ0n) is 9.36. The summed E-state index contributed by atoms with van der Waals surface area (Å²) in [6, 6.07) is 6.14. The van der Waals surface area contributed by atoms with Crippen LogP contribution in [0.2, 0.25) is 0 Å². The molecule has 1 aliphatic rings. The quantitative estimate of drug-likeness (QED) is 0.875. The Bertz CT molecular complexity index is 383. The molecule has 0 amide bonds. The number of rotatable bonds is 2. The number of phenolic OH excluding ortho intramolecular Hbond substituents is 1. The van der Waals surface area contributed by atoms with Crippen molar-refractivity contribution in [1.82, 2.24) is 4.90 Å². The van der Waals surface area contributed by atoms with Crippen molar-refractivity contribution in [3.8, 4) is 5.75 Å². The highest BCUT2D eigenvalue weighted by Crippen LogP contribution is 2.36. The highest BCUT2D eigenvalue weighted by Gasteiger charge is 2.29. The van der Waals surface area contributed by atoms with Crippen molar-refractivity contribution in [2.24, 2.45) is 11.7 Å². The van der Waals surface area contributed by atoms with Crippen LogP contribution in [0.3, 0.4) is 0 Å². The van der Waals surface area contributed by atoms with Crippen molar-refractivity contribution in [2.45, 2.75) is 12.5 Å². The largest absolute Gasteiger partial charge is 0.507 e. The second kappa shape index (κ2) is 4.73. The molecule has 1 fully saturated rings. The van der Waals surface area contributed by atoms with Crippen molar-refractivity contribution < 1.29 is 5.11 Å². The van der Waals surface area contributed by atoms with Gasteiger partial charge in [0.15, 0.2) is 0 Å². The van der Waals surface area contributed by atoms with E-state index in [0.717, 1.165) is 24.0 Å². The average molecular weight is 285 g/mol. The molecule has 4 heteroatoms. The Morgan fingerprint density at radius 2 is 2.31 bits per heavy atom. The van der Waals surface area contributed by atoms with Gasteiger partial charge in [0.05, 0.1) is 4.47 Å². The molecule has 16 heavy (non-hydrogen) atoms. The number of aromatic hydroxyl groups is 1. The molecule has 0 aromatic heterocycles. The predicted octanol–water partition coefficient (Wildman–Crippen LogP) is 2.11. The second-order valence-electron chi connectivity index (χ2n) is 4.50. The van der Waals surface area contributed by atoms with E-state index in [1.807, 2.05) is 12.1 Å². The number of phenols is 1. The molecule has 1 aromatic rings. The van der Waals surface area contributed by atoms with Crippen LogP contribution in [-0.4, -0.2) is 30.1 Å². The van der Waals surface area contributed by atoms with Crippen molar-refractivity contribution in [1.29, 1.82) is 0 Å². The minimum atomic E-state index is 0.291. The molecule has 2 rings (SSSR count). The standard InChI is InChI=1S/C12H17BrN2O/c1-15-7-8(6-14)4-11(15)9-2-3-12(16)10(13)5-9/h2-3,5,8,11,16H,4,6-7,14H2,1H3. The van der Waals surface area contributed by atoms with Crippen LogP contribution in [-0.2, 0) is 0 Å². The third-order valence-corrected chi connectivity index (χ3v) is 3.96. The maximum Gasteiger partial charge on any atom is 0.129 e. The van der Waals surface area contributed by atoms with E-state index in [1.165, 1.54) is 5.56 Å². The van der Waals surface area contributed by atoms with Gasteiger partial charge in [-0.05, 0) is 59.6 Å². The minimum Gasteiger partial charge on any atom is -0.507 e. The molecule has 3 nitrogen and oxygen atoms in total. The first kappa shape index (κ1) is 11.9. The fraction of sp³-hybridized carbons (Fsp3) is 0.500. The summed E-state index contributed by atoms with van der Waals surface area (Å²) >= 11 is 3.35. The Balaban J connectivity index is 2.21. The number of hydrogen-bond acceptors (Lipinski definition) is 3. The Labute approximate surface area is 104 Å². The third-order valence-electron chi connectivity index (χ3n) is 3.32. The van der Waals surface area contributed by atoms with Crippen molar-refractivity contribution >= 4 is 15.9 Å². The molecule has 1 heterocycles. The maximum atomic E-state index is 9.47. The minimum absolute atomic E-state index is 0.291. The van der Waals surface area contributed by atoms with E-state index in [2.05, 4.69) is 27.9 Å². The Kier molecular flexibility index (Phi) is 3.52. The van der Waals surface area contributed by atoms with Crippen LogP contribution < -0.4 is 5.73 Å². The predicted molar refractivity (Wildman–Crippen MR) is 68.3 cm³/mol. The summed E-state index contributed by atoms with van der Waals surface area (Å²) < 4.78 is 0.759. The summed E-state index contributed by atoms with van der Waals surface area (Å²) in [6.07, 6.45) is 1.10. The van der Waals surface area contributed by atoms with Gasteiger partial charge in [0, 0.05) is 12.6 Å². The maximum absolute atomic E-state index is 9.47. The summed E-state index contributed by atoms with van der Waals surface area (Å²) in [5, 5.41) is 9.47. The molecular weight excluding hydrogens is 268 g/mol. The molecule has 1 aliphatic heterocycles. The number of halogens is 1. The average Bonchev–Trinajstić information content (AvgIpc) is 2.64. The molecule has 1 aromatic carbocycles. The third kappa shape index (κ3) is 2.24. The number of benzene rings is 1. The summed E-state index contributed by atoms with van der Waals surface area (Å²) in [4.78, 5) is 2.33. The van der Waals surface area contributed by atoms with Crippen LogP contribution in [0.1, 0.15) is 18.0 Å². The second-order valence-corrected chi connectivity index (χ2v) is 5.36. The van der Waals surface area contributed by atoms with E-state index in [4.69, 9.17) is 5.73 Å². The number of nitrogens with zero attached hydrogens (tertiary/aromatic N) is 1. The normalized spacial score (nSPS) is 26.2. The topological polar surface area (TPSA) is 49.5 Å². The van der Waals surface area contributed by atoms with Crippen LogP contribution >= 0.6 is 15.9 Å². The zero-order chi connectivity index (χ0) is 11.7. The van der Waals surface area contributed by atoms with E-state index < -0.39 is 0 Å². The fourth-order valence-corrected chi connectivity index (χ4v) is 2.79. The van der Waals surface area contributed by atoms with Crippen LogP contribution in [0.5, 0.6) is 5.75 Å². The molecule has 88 valence electrons. The van der Waals surface area contributed by atoms with Crippen LogP contribution in [0.15, 0.2) is 22.7 Å². The summed E-state index contributed by atoms with van der Waals surface area (Å²) in [5.74, 6) is 0.877. The smallest absolute Gasteiger partial charge is 0.129 e. The van der Waals surface area contributed by atoms with Gasteiger partial charge in [-0.15, -0.1) is 0 Å². The van der Waals surface area contributed by atoms with E-state index in [1.54, 1.807) is 6.07 Å². The van der Waals surface area contributed by atoms with Crippen molar-refractivity contribution in [3.63, 3.8) is 0 Å². The van der Waals surface area contributed by atoms with E-state index >= 15 is 0 Å². The molecule has 0 aliphatic carbocycles. The Morgan fingerprint density at radius 3 is 2.88 bits per heavy atom. The van der Waals surface area contributed by atoms with Crippen molar-refractivity contribution in [3.05, 3.63) is 28.2 Å². The zero-order valence-corrected chi connectivity index (χ0v) is 10.9. The summed E-state index contributed by atoms with van der Waals surface area (Å²) in [6.45, 7) is 1.81. The lowest BCUT2D eigenvalue weighted by molar-refractivity contribution is 0.313. The lowest BCUT2D eigenvalue weighted by Gasteiger charge is -2.19. The molecule has 2 unspecified atom stereocenters. The summed E-state index contributed by atoms with van der Waals surface area (Å²) in [5.41, 5.74) is 6.95. The SMILES string of the molecule is CN1CC(CN)CC1c1ccc(O)c(Br)c1. The first-order valence-corrected chi connectivity index (χ1v) is 6.30. The van der Waals surface area contributed by atoms with E-state index in [0.29, 0.717) is 17.7 Å². The Hall–Kier alpha value is -0.580. The molecule has 0 radical (unpaired) electrons. The van der Waals surface area contributed by atoms with Gasteiger partial charge < -0.3 is 10.8 Å². The molecule has 3 N–H and O–H groups in total. The van der Waals surface area contributed by atoms with Gasteiger partial charge in [-0.1, -0.05) is 6.07 Å². The van der Waals surface area contributed by atoms with Crippen LogP contribution in [0.25, 0.3) is 0 Å². The van der Waals surface area contributed by atoms with E-state index in [9.17, 15) is 5.11 Å². The van der Waals surface area contributed by atoms with Gasteiger partial charge in [0.1, 0.15) is 5.75 Å². The lowest BCUT2D eigenvalue weighted by atomic mass is 10.00.